The van der Waals surface area contributed by atoms with Crippen molar-refractivity contribution in [1.29, 1.82) is 0 Å². The summed E-state index contributed by atoms with van der Waals surface area (Å²) in [5, 5.41) is 0.810. The highest BCUT2D eigenvalue weighted by atomic mass is 32.2. The maximum absolute atomic E-state index is 13.0. The van der Waals surface area contributed by atoms with E-state index in [1.165, 1.54) is 19.3 Å². The van der Waals surface area contributed by atoms with Gasteiger partial charge in [0, 0.05) is 49.3 Å². The molecule has 2 aromatic carbocycles. The summed E-state index contributed by atoms with van der Waals surface area (Å²) in [5.41, 5.74) is 4.01. The van der Waals surface area contributed by atoms with E-state index in [2.05, 4.69) is 30.9 Å². The third-order valence-corrected chi connectivity index (χ3v) is 7.27. The number of hydrogen-bond acceptors (Lipinski definition) is 5. The molecule has 1 aliphatic rings. The number of benzene rings is 2. The quantitative estimate of drug-likeness (QED) is 0.297. The van der Waals surface area contributed by atoms with Crippen molar-refractivity contribution in [2.75, 3.05) is 18.5 Å². The van der Waals surface area contributed by atoms with Crippen LogP contribution in [0.2, 0.25) is 0 Å². The van der Waals surface area contributed by atoms with Gasteiger partial charge in [0.15, 0.2) is 5.16 Å². The molecule has 0 spiro atoms. The third-order valence-electron chi connectivity index (χ3n) is 6.36. The van der Waals surface area contributed by atoms with Crippen molar-refractivity contribution in [2.24, 2.45) is 0 Å². The predicted molar refractivity (Wildman–Crippen MR) is 140 cm³/mol. The Kier molecular flexibility index (Phi) is 8.22. The zero-order chi connectivity index (χ0) is 23.9. The van der Waals surface area contributed by atoms with Crippen LogP contribution in [0.1, 0.15) is 60.3 Å². The van der Waals surface area contributed by atoms with Crippen LogP contribution in [0.4, 0.5) is 5.82 Å². The standard InChI is InChI=1S/C28H34N4OS/c1-4-25-18-26(32-16-9-8-11-21(32)2)30-28(29-25)34-20-23-14-10-15-24(17-23)27(33)31(3)19-22-12-6-5-7-13-22/h5-7,10,12-15,17-18,21H,4,8-9,11,16,19-20H2,1-3H3/t21-/m0/s1. The molecule has 0 bridgehead atoms. The van der Waals surface area contributed by atoms with Gasteiger partial charge >= 0.3 is 0 Å². The summed E-state index contributed by atoms with van der Waals surface area (Å²) >= 11 is 1.64. The van der Waals surface area contributed by atoms with E-state index in [1.807, 2.05) is 55.6 Å². The molecule has 1 aliphatic heterocycles. The second-order valence-corrected chi connectivity index (χ2v) is 9.97. The van der Waals surface area contributed by atoms with Crippen LogP contribution < -0.4 is 4.90 Å². The summed E-state index contributed by atoms with van der Waals surface area (Å²) in [6.07, 6.45) is 4.62. The molecule has 0 saturated carbocycles. The van der Waals surface area contributed by atoms with E-state index >= 15 is 0 Å². The van der Waals surface area contributed by atoms with Gasteiger partial charge in [-0.05, 0) is 55.9 Å². The smallest absolute Gasteiger partial charge is 0.253 e. The molecule has 6 heteroatoms. The molecule has 1 atom stereocenters. The van der Waals surface area contributed by atoms with Crippen LogP contribution in [0, 0.1) is 0 Å². The molecular weight excluding hydrogens is 440 g/mol. The van der Waals surface area contributed by atoms with Gasteiger partial charge in [-0.15, -0.1) is 0 Å². The lowest BCUT2D eigenvalue weighted by Crippen LogP contribution is -2.38. The summed E-state index contributed by atoms with van der Waals surface area (Å²) in [7, 11) is 1.85. The average Bonchev–Trinajstić information content (AvgIpc) is 2.88. The maximum Gasteiger partial charge on any atom is 0.253 e. The van der Waals surface area contributed by atoms with E-state index in [-0.39, 0.29) is 5.91 Å². The van der Waals surface area contributed by atoms with Crippen molar-refractivity contribution in [1.82, 2.24) is 14.9 Å². The topological polar surface area (TPSA) is 49.3 Å². The lowest BCUT2D eigenvalue weighted by Gasteiger charge is -2.34. The first-order valence-electron chi connectivity index (χ1n) is 12.2. The number of piperidine rings is 1. The molecule has 1 aromatic heterocycles. The first-order chi connectivity index (χ1) is 16.5. The number of hydrogen-bond donors (Lipinski definition) is 0. The van der Waals surface area contributed by atoms with Gasteiger partial charge in [-0.1, -0.05) is 61.2 Å². The Balaban J connectivity index is 1.44. The normalized spacial score (nSPS) is 15.9. The van der Waals surface area contributed by atoms with Crippen molar-refractivity contribution in [3.63, 3.8) is 0 Å². The molecule has 0 radical (unpaired) electrons. The molecule has 178 valence electrons. The highest BCUT2D eigenvalue weighted by Gasteiger charge is 2.21. The number of amides is 1. The van der Waals surface area contributed by atoms with E-state index < -0.39 is 0 Å². The summed E-state index contributed by atoms with van der Waals surface area (Å²) in [6.45, 7) is 6.08. The Bertz CT molecular complexity index is 1100. The highest BCUT2D eigenvalue weighted by Crippen LogP contribution is 2.27. The molecule has 2 heterocycles. The zero-order valence-corrected chi connectivity index (χ0v) is 21.2. The second kappa shape index (κ2) is 11.5. The van der Waals surface area contributed by atoms with Gasteiger partial charge in [0.2, 0.25) is 0 Å². The number of anilines is 1. The molecule has 1 fully saturated rings. The van der Waals surface area contributed by atoms with Gasteiger partial charge < -0.3 is 9.80 Å². The van der Waals surface area contributed by atoms with E-state index in [9.17, 15) is 4.79 Å². The van der Waals surface area contributed by atoms with Crippen LogP contribution in [0.25, 0.3) is 0 Å². The molecule has 0 aliphatic carbocycles. The SMILES string of the molecule is CCc1cc(N2CCCC[C@@H]2C)nc(SCc2cccc(C(=O)N(C)Cc3ccccc3)c2)n1. The summed E-state index contributed by atoms with van der Waals surface area (Å²) in [6, 6.07) is 20.6. The Morgan fingerprint density at radius 2 is 1.85 bits per heavy atom. The van der Waals surface area contributed by atoms with Gasteiger partial charge in [0.05, 0.1) is 0 Å². The maximum atomic E-state index is 13.0. The van der Waals surface area contributed by atoms with Crippen LogP contribution in [0.5, 0.6) is 0 Å². The minimum atomic E-state index is 0.0290. The largest absolute Gasteiger partial charge is 0.354 e. The molecular formula is C28H34N4OS. The first kappa shape index (κ1) is 24.3. The summed E-state index contributed by atoms with van der Waals surface area (Å²) < 4.78 is 0. The minimum absolute atomic E-state index is 0.0290. The first-order valence-corrected chi connectivity index (χ1v) is 13.2. The van der Waals surface area contributed by atoms with Crippen molar-refractivity contribution in [3.8, 4) is 0 Å². The Morgan fingerprint density at radius 1 is 1.06 bits per heavy atom. The molecule has 3 aromatic rings. The van der Waals surface area contributed by atoms with Crippen molar-refractivity contribution in [3.05, 3.63) is 83.0 Å². The van der Waals surface area contributed by atoms with E-state index in [4.69, 9.17) is 9.97 Å². The van der Waals surface area contributed by atoms with Crippen LogP contribution in [-0.4, -0.2) is 40.4 Å². The minimum Gasteiger partial charge on any atom is -0.354 e. The summed E-state index contributed by atoms with van der Waals surface area (Å²) in [5.74, 6) is 1.81. The van der Waals surface area contributed by atoms with Gasteiger partial charge in [-0.2, -0.15) is 0 Å². The fourth-order valence-electron chi connectivity index (χ4n) is 4.38. The zero-order valence-electron chi connectivity index (χ0n) is 20.4. The fraction of sp³-hybridized carbons (Fsp3) is 0.393. The van der Waals surface area contributed by atoms with Crippen molar-refractivity contribution in [2.45, 2.75) is 63.0 Å². The third kappa shape index (κ3) is 6.17. The van der Waals surface area contributed by atoms with Crippen LogP contribution in [0.15, 0.2) is 65.8 Å². The number of carbonyl (C=O) groups excluding carboxylic acids is 1. The molecule has 1 amide bonds. The van der Waals surface area contributed by atoms with E-state index in [1.54, 1.807) is 16.7 Å². The van der Waals surface area contributed by atoms with Crippen LogP contribution >= 0.6 is 11.8 Å². The Labute approximate surface area is 207 Å². The highest BCUT2D eigenvalue weighted by molar-refractivity contribution is 7.98. The van der Waals surface area contributed by atoms with E-state index in [0.29, 0.717) is 18.2 Å². The number of carbonyl (C=O) groups is 1. The number of aryl methyl sites for hydroxylation is 1. The van der Waals surface area contributed by atoms with E-state index in [0.717, 1.165) is 46.5 Å². The number of aromatic nitrogens is 2. The summed E-state index contributed by atoms with van der Waals surface area (Å²) in [4.78, 5) is 26.9. The fourth-order valence-corrected chi connectivity index (χ4v) is 5.20. The van der Waals surface area contributed by atoms with Crippen molar-refractivity contribution < 1.29 is 4.79 Å². The molecule has 0 unspecified atom stereocenters. The second-order valence-electron chi connectivity index (χ2n) is 9.03. The molecule has 34 heavy (non-hydrogen) atoms. The predicted octanol–water partition coefficient (Wildman–Crippen LogP) is 5.98. The van der Waals surface area contributed by atoms with Crippen molar-refractivity contribution >= 4 is 23.5 Å². The number of rotatable bonds is 8. The molecule has 4 rings (SSSR count). The van der Waals surface area contributed by atoms with Gasteiger partial charge in [0.1, 0.15) is 5.82 Å². The van der Waals surface area contributed by atoms with Gasteiger partial charge in [-0.25, -0.2) is 9.97 Å². The lowest BCUT2D eigenvalue weighted by atomic mass is 10.0. The molecule has 0 N–H and O–H groups in total. The lowest BCUT2D eigenvalue weighted by molar-refractivity contribution is 0.0785. The molecule has 1 saturated heterocycles. The van der Waals surface area contributed by atoms with Gasteiger partial charge in [-0.3, -0.25) is 4.79 Å². The van der Waals surface area contributed by atoms with Crippen LogP contribution in [-0.2, 0) is 18.7 Å². The monoisotopic (exact) mass is 474 g/mol. The number of thioether (sulfide) groups is 1. The van der Waals surface area contributed by atoms with Crippen LogP contribution in [0.3, 0.4) is 0 Å². The molecule has 5 nitrogen and oxygen atoms in total. The van der Waals surface area contributed by atoms with Gasteiger partial charge in [0.25, 0.3) is 5.91 Å². The Hall–Kier alpha value is -2.86. The number of nitrogens with zero attached hydrogens (tertiary/aromatic N) is 4. The average molecular weight is 475 g/mol. The Morgan fingerprint density at radius 3 is 2.62 bits per heavy atom.